The zero-order valence-corrected chi connectivity index (χ0v) is 19.9. The van der Waals surface area contributed by atoms with Crippen molar-refractivity contribution >= 4 is 50.6 Å². The summed E-state index contributed by atoms with van der Waals surface area (Å²) in [4.78, 5) is 23.0. The van der Waals surface area contributed by atoms with E-state index in [9.17, 15) is 18.0 Å². The number of alkyl halides is 3. The van der Waals surface area contributed by atoms with Gasteiger partial charge in [0, 0.05) is 47.7 Å². The van der Waals surface area contributed by atoms with Crippen LogP contribution in [0.1, 0.15) is 34.5 Å². The van der Waals surface area contributed by atoms with E-state index in [2.05, 4.69) is 25.5 Å². The number of nitrogens with one attached hydrogen (secondary N) is 2. The number of fused-ring (bicyclic) bond motifs is 1. The van der Waals surface area contributed by atoms with Crippen LogP contribution in [0.2, 0.25) is 5.28 Å². The lowest BCUT2D eigenvalue weighted by molar-refractivity contribution is -0.126. The lowest BCUT2D eigenvalue weighted by atomic mass is 9.78. The maximum atomic E-state index is 12.9. The Bertz CT molecular complexity index is 1220. The fourth-order valence-corrected chi connectivity index (χ4v) is 6.35. The first-order chi connectivity index (χ1) is 16.1. The highest BCUT2D eigenvalue weighted by Crippen LogP contribution is 2.49. The van der Waals surface area contributed by atoms with Gasteiger partial charge in [-0.15, -0.1) is 11.3 Å². The summed E-state index contributed by atoms with van der Waals surface area (Å²) in [6.45, 7) is 1.57. The smallest absolute Gasteiger partial charge is 0.382 e. The molecule has 3 heterocycles. The molecule has 2 aliphatic rings. The van der Waals surface area contributed by atoms with Gasteiger partial charge >= 0.3 is 6.18 Å². The van der Waals surface area contributed by atoms with Crippen LogP contribution in [0.15, 0.2) is 30.3 Å². The van der Waals surface area contributed by atoms with Crippen LogP contribution in [0, 0.1) is 5.41 Å². The van der Waals surface area contributed by atoms with Gasteiger partial charge in [-0.3, -0.25) is 4.79 Å². The lowest BCUT2D eigenvalue weighted by Gasteiger charge is -2.49. The van der Waals surface area contributed by atoms with E-state index < -0.39 is 12.6 Å². The monoisotopic (exact) mass is 509 g/mol. The highest BCUT2D eigenvalue weighted by Gasteiger charge is 2.49. The zero-order chi connectivity index (χ0) is 24.1. The SMILES string of the molecule is CNC(=O)c1ccc(NC2CCC3(C2)CN(c2nc(Cl)nc4sc(CC(F)(F)F)cc24)C3)cc1. The molecule has 3 aromatic rings. The second kappa shape index (κ2) is 8.57. The first-order valence-electron chi connectivity index (χ1n) is 11.0. The highest BCUT2D eigenvalue weighted by atomic mass is 35.5. The topological polar surface area (TPSA) is 70.2 Å². The number of hydrogen-bond acceptors (Lipinski definition) is 6. The molecule has 0 radical (unpaired) electrons. The maximum absolute atomic E-state index is 12.9. The van der Waals surface area contributed by atoms with Crippen molar-refractivity contribution in [2.75, 3.05) is 30.4 Å². The first kappa shape index (κ1) is 23.2. The molecular formula is C23H23ClF3N5OS. The Morgan fingerprint density at radius 3 is 2.68 bits per heavy atom. The predicted molar refractivity (Wildman–Crippen MR) is 128 cm³/mol. The summed E-state index contributed by atoms with van der Waals surface area (Å²) in [5.41, 5.74) is 1.74. The number of thiophene rings is 1. The van der Waals surface area contributed by atoms with Crippen molar-refractivity contribution in [1.29, 1.82) is 0 Å². The Balaban J connectivity index is 1.25. The summed E-state index contributed by atoms with van der Waals surface area (Å²) < 4.78 is 38.6. The van der Waals surface area contributed by atoms with Crippen molar-refractivity contribution in [1.82, 2.24) is 15.3 Å². The molecule has 1 aromatic carbocycles. The number of anilines is 2. The highest BCUT2D eigenvalue weighted by molar-refractivity contribution is 7.18. The molecule has 1 aliphatic carbocycles. The van der Waals surface area contributed by atoms with Crippen molar-refractivity contribution in [3.63, 3.8) is 0 Å². The second-order valence-corrected chi connectivity index (χ2v) is 10.6. The number of carbonyl (C=O) groups excluding carboxylic acids is 1. The molecule has 6 nitrogen and oxygen atoms in total. The molecule has 1 atom stereocenters. The molecule has 0 bridgehead atoms. The van der Waals surface area contributed by atoms with Gasteiger partial charge in [0.15, 0.2) is 0 Å². The molecule has 1 saturated heterocycles. The van der Waals surface area contributed by atoms with E-state index in [1.54, 1.807) is 25.2 Å². The Kier molecular flexibility index (Phi) is 5.84. The molecule has 2 aromatic heterocycles. The van der Waals surface area contributed by atoms with Gasteiger partial charge in [-0.1, -0.05) is 0 Å². The number of benzene rings is 1. The largest absolute Gasteiger partial charge is 0.393 e. The average molecular weight is 510 g/mol. The molecule has 180 valence electrons. The molecule has 1 unspecified atom stereocenters. The van der Waals surface area contributed by atoms with E-state index in [4.69, 9.17) is 11.6 Å². The number of aromatic nitrogens is 2. The van der Waals surface area contributed by atoms with Crippen LogP contribution >= 0.6 is 22.9 Å². The molecule has 1 spiro atoms. The predicted octanol–water partition coefficient (Wildman–Crippen LogP) is 5.28. The summed E-state index contributed by atoms with van der Waals surface area (Å²) in [5.74, 6) is 0.502. The van der Waals surface area contributed by atoms with Crippen molar-refractivity contribution in [3.8, 4) is 0 Å². The Labute approximate surface area is 203 Å². The quantitative estimate of drug-likeness (QED) is 0.458. The van der Waals surface area contributed by atoms with Crippen molar-refractivity contribution in [2.24, 2.45) is 5.41 Å². The maximum Gasteiger partial charge on any atom is 0.393 e. The molecule has 1 saturated carbocycles. The molecule has 2 N–H and O–H groups in total. The van der Waals surface area contributed by atoms with E-state index in [-0.39, 0.29) is 21.5 Å². The zero-order valence-electron chi connectivity index (χ0n) is 18.4. The van der Waals surface area contributed by atoms with E-state index in [1.807, 2.05) is 12.1 Å². The van der Waals surface area contributed by atoms with E-state index in [1.165, 1.54) is 0 Å². The second-order valence-electron chi connectivity index (χ2n) is 9.14. The van der Waals surface area contributed by atoms with E-state index in [0.717, 1.165) is 49.4 Å². The van der Waals surface area contributed by atoms with Gasteiger partial charge in [-0.2, -0.15) is 18.2 Å². The summed E-state index contributed by atoms with van der Waals surface area (Å²) in [6, 6.07) is 9.30. The van der Waals surface area contributed by atoms with Gasteiger partial charge < -0.3 is 15.5 Å². The molecule has 34 heavy (non-hydrogen) atoms. The van der Waals surface area contributed by atoms with Crippen LogP contribution < -0.4 is 15.5 Å². The fraction of sp³-hybridized carbons (Fsp3) is 0.435. The molecule has 2 fully saturated rings. The molecule has 11 heteroatoms. The number of halogens is 4. The van der Waals surface area contributed by atoms with Crippen LogP contribution in [0.4, 0.5) is 24.7 Å². The van der Waals surface area contributed by atoms with Gasteiger partial charge in [0.05, 0.1) is 11.8 Å². The van der Waals surface area contributed by atoms with Crippen molar-refractivity contribution < 1.29 is 18.0 Å². The number of carbonyl (C=O) groups is 1. The molecule has 1 amide bonds. The minimum absolute atomic E-state index is 0.0509. The van der Waals surface area contributed by atoms with Gasteiger partial charge in [0.2, 0.25) is 5.28 Å². The Hall–Kier alpha value is -2.59. The minimum atomic E-state index is -4.27. The number of nitrogens with zero attached hydrogens (tertiary/aromatic N) is 3. The molecule has 1 aliphatic heterocycles. The number of amides is 1. The van der Waals surface area contributed by atoms with Gasteiger partial charge in [-0.05, 0) is 61.2 Å². The first-order valence-corrected chi connectivity index (χ1v) is 12.2. The average Bonchev–Trinajstić information content (AvgIpc) is 3.34. The van der Waals surface area contributed by atoms with Crippen LogP contribution in [0.5, 0.6) is 0 Å². The number of hydrogen-bond donors (Lipinski definition) is 2. The third-order valence-corrected chi connectivity index (χ3v) is 7.77. The van der Waals surface area contributed by atoms with Crippen LogP contribution in [0.3, 0.4) is 0 Å². The van der Waals surface area contributed by atoms with E-state index in [0.29, 0.717) is 27.6 Å². The third kappa shape index (κ3) is 4.65. The summed E-state index contributed by atoms with van der Waals surface area (Å²) in [6.07, 6.45) is -2.17. The number of rotatable bonds is 5. The van der Waals surface area contributed by atoms with Crippen molar-refractivity contribution in [2.45, 2.75) is 37.9 Å². The normalized spacial score (nSPS) is 19.4. The standard InChI is InChI=1S/C23H23ClF3N5OS/c1-28-19(33)13-2-4-14(5-3-13)29-15-6-7-22(9-15)11-32(12-22)18-17-8-16(10-23(25,26)27)34-20(17)31-21(24)30-18/h2-5,8,15,29H,6-7,9-12H2,1H3,(H,28,33). The summed E-state index contributed by atoms with van der Waals surface area (Å²) in [7, 11) is 1.61. The summed E-state index contributed by atoms with van der Waals surface area (Å²) in [5, 5.41) is 6.86. The molecule has 5 rings (SSSR count). The third-order valence-electron chi connectivity index (χ3n) is 6.57. The van der Waals surface area contributed by atoms with Gasteiger partial charge in [0.25, 0.3) is 5.91 Å². The van der Waals surface area contributed by atoms with Crippen LogP contribution in [-0.2, 0) is 6.42 Å². The van der Waals surface area contributed by atoms with Gasteiger partial charge in [-0.25, -0.2) is 4.98 Å². The van der Waals surface area contributed by atoms with Crippen LogP contribution in [0.25, 0.3) is 10.2 Å². The van der Waals surface area contributed by atoms with E-state index >= 15 is 0 Å². The van der Waals surface area contributed by atoms with Crippen molar-refractivity contribution in [3.05, 3.63) is 46.1 Å². The lowest BCUT2D eigenvalue weighted by Crippen LogP contribution is -2.56. The Morgan fingerprint density at radius 1 is 1.26 bits per heavy atom. The Morgan fingerprint density at radius 2 is 2.00 bits per heavy atom. The van der Waals surface area contributed by atoms with Crippen LogP contribution in [-0.4, -0.2) is 48.2 Å². The fourth-order valence-electron chi connectivity index (χ4n) is 5.09. The van der Waals surface area contributed by atoms with Gasteiger partial charge in [0.1, 0.15) is 10.6 Å². The molecular weight excluding hydrogens is 487 g/mol. The minimum Gasteiger partial charge on any atom is -0.382 e. The summed E-state index contributed by atoms with van der Waals surface area (Å²) >= 11 is 7.11.